The SMILES string of the molecule is FC1=CCC(=C2C=CC=C2)C=C1. The van der Waals surface area contributed by atoms with Gasteiger partial charge in [-0.05, 0) is 29.7 Å². The maximum atomic E-state index is 12.6. The number of rotatable bonds is 0. The first-order valence-electron chi connectivity index (χ1n) is 3.98. The summed E-state index contributed by atoms with van der Waals surface area (Å²) in [6.45, 7) is 0. The van der Waals surface area contributed by atoms with Crippen LogP contribution in [0.5, 0.6) is 0 Å². The minimum atomic E-state index is -0.134. The second-order valence-corrected chi connectivity index (χ2v) is 2.83. The van der Waals surface area contributed by atoms with E-state index in [0.29, 0.717) is 6.42 Å². The molecule has 0 fully saturated rings. The fourth-order valence-corrected chi connectivity index (χ4v) is 1.33. The molecule has 1 heteroatoms. The van der Waals surface area contributed by atoms with Gasteiger partial charge in [0.2, 0.25) is 0 Å². The van der Waals surface area contributed by atoms with Crippen LogP contribution in [0.25, 0.3) is 0 Å². The summed E-state index contributed by atoms with van der Waals surface area (Å²) in [6, 6.07) is 0. The topological polar surface area (TPSA) is 0 Å². The maximum Gasteiger partial charge on any atom is 0.119 e. The van der Waals surface area contributed by atoms with Gasteiger partial charge in [-0.2, -0.15) is 0 Å². The number of allylic oxidation sites excluding steroid dienone is 10. The zero-order valence-electron chi connectivity index (χ0n) is 6.63. The standard InChI is InChI=1S/C11H9F/c12-11-7-5-10(6-8-11)9-3-1-2-4-9/h1-5,7-8H,6H2. The maximum absolute atomic E-state index is 12.6. The Kier molecular flexibility index (Phi) is 1.78. The van der Waals surface area contributed by atoms with Crippen LogP contribution in [0.4, 0.5) is 4.39 Å². The van der Waals surface area contributed by atoms with E-state index in [9.17, 15) is 4.39 Å². The minimum Gasteiger partial charge on any atom is -0.207 e. The molecule has 0 aromatic carbocycles. The van der Waals surface area contributed by atoms with Crippen molar-refractivity contribution in [3.05, 3.63) is 59.5 Å². The molecule has 0 radical (unpaired) electrons. The molecule has 0 aliphatic heterocycles. The third kappa shape index (κ3) is 1.30. The predicted molar refractivity (Wildman–Crippen MR) is 48.3 cm³/mol. The van der Waals surface area contributed by atoms with Crippen LogP contribution >= 0.6 is 0 Å². The Morgan fingerprint density at radius 3 is 2.33 bits per heavy atom. The van der Waals surface area contributed by atoms with E-state index in [1.807, 2.05) is 30.4 Å². The molecule has 0 heterocycles. The largest absolute Gasteiger partial charge is 0.207 e. The van der Waals surface area contributed by atoms with Gasteiger partial charge in [-0.3, -0.25) is 0 Å². The van der Waals surface area contributed by atoms with Gasteiger partial charge < -0.3 is 0 Å². The van der Waals surface area contributed by atoms with E-state index < -0.39 is 0 Å². The molecule has 0 saturated carbocycles. The van der Waals surface area contributed by atoms with Crippen LogP contribution in [-0.2, 0) is 0 Å². The van der Waals surface area contributed by atoms with Gasteiger partial charge in [0.15, 0.2) is 0 Å². The Labute approximate surface area is 71.1 Å². The molecule has 2 rings (SSSR count). The fraction of sp³-hybridized carbons (Fsp3) is 0.0909. The van der Waals surface area contributed by atoms with E-state index in [0.717, 1.165) is 0 Å². The number of halogens is 1. The van der Waals surface area contributed by atoms with E-state index >= 15 is 0 Å². The Bertz CT molecular complexity index is 324. The minimum absolute atomic E-state index is 0.134. The quantitative estimate of drug-likeness (QED) is 0.510. The van der Waals surface area contributed by atoms with E-state index in [1.54, 1.807) is 6.08 Å². The van der Waals surface area contributed by atoms with Gasteiger partial charge in [0.1, 0.15) is 5.83 Å². The van der Waals surface area contributed by atoms with Crippen molar-refractivity contribution in [2.24, 2.45) is 0 Å². The first kappa shape index (κ1) is 7.29. The molecular weight excluding hydrogens is 151 g/mol. The van der Waals surface area contributed by atoms with Crippen molar-refractivity contribution in [2.75, 3.05) is 0 Å². The molecule has 0 atom stereocenters. The van der Waals surface area contributed by atoms with E-state index in [4.69, 9.17) is 0 Å². The second kappa shape index (κ2) is 2.94. The average Bonchev–Trinajstić information content (AvgIpc) is 2.58. The van der Waals surface area contributed by atoms with Gasteiger partial charge >= 0.3 is 0 Å². The summed E-state index contributed by atoms with van der Waals surface area (Å²) >= 11 is 0. The highest BCUT2D eigenvalue weighted by atomic mass is 19.1. The van der Waals surface area contributed by atoms with Gasteiger partial charge in [-0.25, -0.2) is 4.39 Å². The van der Waals surface area contributed by atoms with Crippen molar-refractivity contribution in [3.8, 4) is 0 Å². The molecule has 0 aromatic rings. The fourth-order valence-electron chi connectivity index (χ4n) is 1.33. The average molecular weight is 160 g/mol. The lowest BCUT2D eigenvalue weighted by Crippen LogP contribution is -1.86. The summed E-state index contributed by atoms with van der Waals surface area (Å²) in [7, 11) is 0. The summed E-state index contributed by atoms with van der Waals surface area (Å²) in [5, 5.41) is 0. The highest BCUT2D eigenvalue weighted by molar-refractivity contribution is 5.49. The first-order chi connectivity index (χ1) is 5.86. The third-order valence-corrected chi connectivity index (χ3v) is 1.99. The zero-order valence-corrected chi connectivity index (χ0v) is 6.63. The van der Waals surface area contributed by atoms with Gasteiger partial charge in [-0.1, -0.05) is 30.4 Å². The lowest BCUT2D eigenvalue weighted by atomic mass is 10.0. The summed E-state index contributed by atoms with van der Waals surface area (Å²) in [5.41, 5.74) is 2.37. The molecule has 0 spiro atoms. The van der Waals surface area contributed by atoms with Crippen LogP contribution in [0.3, 0.4) is 0 Å². The molecule has 0 aromatic heterocycles. The van der Waals surface area contributed by atoms with Crippen molar-refractivity contribution in [3.63, 3.8) is 0 Å². The van der Waals surface area contributed by atoms with Gasteiger partial charge in [0.25, 0.3) is 0 Å². The molecular formula is C11H9F. The number of hydrogen-bond acceptors (Lipinski definition) is 0. The van der Waals surface area contributed by atoms with E-state index in [1.165, 1.54) is 17.2 Å². The Balaban J connectivity index is 2.29. The Morgan fingerprint density at radius 1 is 1.00 bits per heavy atom. The monoisotopic (exact) mass is 160 g/mol. The molecule has 0 saturated heterocycles. The molecule has 2 aliphatic carbocycles. The summed E-state index contributed by atoms with van der Waals surface area (Å²) in [5.74, 6) is -0.134. The van der Waals surface area contributed by atoms with Crippen LogP contribution in [0, 0.1) is 0 Å². The summed E-state index contributed by atoms with van der Waals surface area (Å²) in [6.07, 6.45) is 13.7. The van der Waals surface area contributed by atoms with Gasteiger partial charge in [0, 0.05) is 0 Å². The van der Waals surface area contributed by atoms with Gasteiger partial charge in [0.05, 0.1) is 0 Å². The van der Waals surface area contributed by atoms with Crippen molar-refractivity contribution >= 4 is 0 Å². The van der Waals surface area contributed by atoms with Crippen LogP contribution in [-0.4, -0.2) is 0 Å². The smallest absolute Gasteiger partial charge is 0.119 e. The molecule has 0 amide bonds. The molecule has 0 nitrogen and oxygen atoms in total. The molecule has 0 N–H and O–H groups in total. The summed E-state index contributed by atoms with van der Waals surface area (Å²) in [4.78, 5) is 0. The van der Waals surface area contributed by atoms with Crippen molar-refractivity contribution < 1.29 is 4.39 Å². The highest BCUT2D eigenvalue weighted by Crippen LogP contribution is 2.22. The second-order valence-electron chi connectivity index (χ2n) is 2.83. The normalized spacial score (nSPS) is 20.6. The predicted octanol–water partition coefficient (Wildman–Crippen LogP) is 3.22. The first-order valence-corrected chi connectivity index (χ1v) is 3.98. The molecule has 60 valence electrons. The van der Waals surface area contributed by atoms with Crippen molar-refractivity contribution in [2.45, 2.75) is 6.42 Å². The Morgan fingerprint density at radius 2 is 1.75 bits per heavy atom. The Hall–Kier alpha value is -1.37. The lowest BCUT2D eigenvalue weighted by Gasteiger charge is -2.05. The highest BCUT2D eigenvalue weighted by Gasteiger charge is 2.04. The molecule has 2 aliphatic rings. The lowest BCUT2D eigenvalue weighted by molar-refractivity contribution is 0.659. The van der Waals surface area contributed by atoms with Crippen LogP contribution in [0.1, 0.15) is 6.42 Å². The summed E-state index contributed by atoms with van der Waals surface area (Å²) < 4.78 is 12.6. The van der Waals surface area contributed by atoms with Crippen molar-refractivity contribution in [1.29, 1.82) is 0 Å². The van der Waals surface area contributed by atoms with E-state index in [2.05, 4.69) is 0 Å². The molecule has 12 heavy (non-hydrogen) atoms. The zero-order chi connectivity index (χ0) is 8.39. The van der Waals surface area contributed by atoms with Crippen molar-refractivity contribution in [1.82, 2.24) is 0 Å². The number of hydrogen-bond donors (Lipinski definition) is 0. The molecule has 0 bridgehead atoms. The van der Waals surface area contributed by atoms with Crippen LogP contribution < -0.4 is 0 Å². The van der Waals surface area contributed by atoms with Crippen LogP contribution in [0.2, 0.25) is 0 Å². The molecule has 0 unspecified atom stereocenters. The van der Waals surface area contributed by atoms with Crippen LogP contribution in [0.15, 0.2) is 59.5 Å². The van der Waals surface area contributed by atoms with Gasteiger partial charge in [-0.15, -0.1) is 0 Å². The van der Waals surface area contributed by atoms with E-state index in [-0.39, 0.29) is 5.83 Å². The third-order valence-electron chi connectivity index (χ3n) is 1.99.